The summed E-state index contributed by atoms with van der Waals surface area (Å²) in [5.41, 5.74) is 2.22. The van der Waals surface area contributed by atoms with Crippen LogP contribution in [0.5, 0.6) is 0 Å². The number of rotatable bonds is 6. The zero-order valence-corrected chi connectivity index (χ0v) is 13.6. The Morgan fingerprint density at radius 2 is 2.10 bits per heavy atom. The molecule has 2 aromatic heterocycles. The molecule has 0 saturated carbocycles. The quantitative estimate of drug-likeness (QED) is 0.879. The first-order valence-electron chi connectivity index (χ1n) is 6.88. The fourth-order valence-corrected chi connectivity index (χ4v) is 2.67. The second kappa shape index (κ2) is 6.95. The minimum atomic E-state index is 0.0599. The Morgan fingerprint density at radius 3 is 2.70 bits per heavy atom. The molecule has 1 N–H and O–H groups in total. The predicted octanol–water partition coefficient (Wildman–Crippen LogP) is 3.11. The molecule has 1 unspecified atom stereocenters. The summed E-state index contributed by atoms with van der Waals surface area (Å²) < 4.78 is 3.05. The van der Waals surface area contributed by atoms with E-state index in [-0.39, 0.29) is 6.04 Å². The summed E-state index contributed by atoms with van der Waals surface area (Å²) in [5, 5.41) is 15.9. The lowest BCUT2D eigenvalue weighted by Crippen LogP contribution is -2.27. The molecule has 0 aliphatic carbocycles. The predicted molar refractivity (Wildman–Crippen MR) is 82.5 cm³/mol. The van der Waals surface area contributed by atoms with Gasteiger partial charge in [0.15, 0.2) is 0 Å². The molecule has 0 spiro atoms. The Balaban J connectivity index is 2.44. The van der Waals surface area contributed by atoms with Gasteiger partial charge in [0.25, 0.3) is 0 Å². The van der Waals surface area contributed by atoms with E-state index in [0.717, 1.165) is 28.7 Å². The molecule has 0 aliphatic heterocycles. The Bertz CT molecular complexity index is 538. The van der Waals surface area contributed by atoms with Crippen LogP contribution in [0.25, 0.3) is 0 Å². The lowest BCUT2D eigenvalue weighted by atomic mass is 10.1. The molecule has 5 nitrogen and oxygen atoms in total. The van der Waals surface area contributed by atoms with Gasteiger partial charge in [-0.05, 0) is 54.4 Å². The van der Waals surface area contributed by atoms with Crippen molar-refractivity contribution in [1.29, 1.82) is 0 Å². The fraction of sp³-hybridized carbons (Fsp3) is 0.500. The summed E-state index contributed by atoms with van der Waals surface area (Å²) in [5.74, 6) is 0. The molecule has 0 aromatic carbocycles. The Labute approximate surface area is 127 Å². The number of nitrogens with zero attached hydrogens (tertiary/aromatic N) is 4. The maximum absolute atomic E-state index is 4.46. The van der Waals surface area contributed by atoms with Crippen LogP contribution in [0.3, 0.4) is 0 Å². The van der Waals surface area contributed by atoms with Gasteiger partial charge in [-0.1, -0.05) is 6.92 Å². The number of aromatic nitrogens is 4. The highest BCUT2D eigenvalue weighted by Crippen LogP contribution is 2.30. The van der Waals surface area contributed by atoms with E-state index < -0.39 is 0 Å². The molecule has 1 atom stereocenters. The minimum Gasteiger partial charge on any atom is -0.305 e. The van der Waals surface area contributed by atoms with Gasteiger partial charge in [-0.2, -0.15) is 15.3 Å². The molecule has 2 rings (SSSR count). The van der Waals surface area contributed by atoms with Gasteiger partial charge in [-0.15, -0.1) is 0 Å². The molecular formula is C14H20BrN5. The topological polar surface area (TPSA) is 55.6 Å². The average molecular weight is 338 g/mol. The van der Waals surface area contributed by atoms with Gasteiger partial charge < -0.3 is 5.32 Å². The molecule has 2 aromatic rings. The highest BCUT2D eigenvalue weighted by atomic mass is 79.9. The van der Waals surface area contributed by atoms with Crippen LogP contribution in [0.15, 0.2) is 29.1 Å². The van der Waals surface area contributed by atoms with Crippen LogP contribution in [0.2, 0.25) is 0 Å². The molecule has 0 radical (unpaired) electrons. The SMILES string of the molecule is CCCNC(c1ccnnc1)c1c(Br)cnn1C(C)C. The van der Waals surface area contributed by atoms with Crippen molar-refractivity contribution in [3.8, 4) is 0 Å². The standard InChI is InChI=1S/C14H20BrN5/c1-4-6-16-13(11-5-7-17-18-8-11)14-12(15)9-19-20(14)10(2)3/h5,7-10,13,16H,4,6H2,1-3H3. The monoisotopic (exact) mass is 337 g/mol. The van der Waals surface area contributed by atoms with Gasteiger partial charge in [-0.25, -0.2) is 0 Å². The molecule has 20 heavy (non-hydrogen) atoms. The van der Waals surface area contributed by atoms with Gasteiger partial charge in [0.1, 0.15) is 0 Å². The molecule has 2 heterocycles. The molecule has 0 fully saturated rings. The first-order chi connectivity index (χ1) is 9.65. The third kappa shape index (κ3) is 3.24. The van der Waals surface area contributed by atoms with E-state index in [9.17, 15) is 0 Å². The Kier molecular flexibility index (Phi) is 5.25. The normalized spacial score (nSPS) is 12.8. The van der Waals surface area contributed by atoms with Crippen LogP contribution in [0, 0.1) is 0 Å². The summed E-state index contributed by atoms with van der Waals surface area (Å²) in [7, 11) is 0. The number of hydrogen-bond acceptors (Lipinski definition) is 4. The minimum absolute atomic E-state index is 0.0599. The van der Waals surface area contributed by atoms with E-state index in [1.807, 2.05) is 16.9 Å². The van der Waals surface area contributed by atoms with Crippen molar-refractivity contribution in [1.82, 2.24) is 25.3 Å². The second-order valence-corrected chi connectivity index (χ2v) is 5.83. The summed E-state index contributed by atoms with van der Waals surface area (Å²) in [6.45, 7) is 7.35. The Morgan fingerprint density at radius 1 is 1.30 bits per heavy atom. The number of nitrogens with one attached hydrogen (secondary N) is 1. The lowest BCUT2D eigenvalue weighted by Gasteiger charge is -2.22. The lowest BCUT2D eigenvalue weighted by molar-refractivity contribution is 0.470. The summed E-state index contributed by atoms with van der Waals surface area (Å²) in [4.78, 5) is 0. The van der Waals surface area contributed by atoms with E-state index >= 15 is 0 Å². The van der Waals surface area contributed by atoms with Crippen molar-refractivity contribution < 1.29 is 0 Å². The van der Waals surface area contributed by atoms with Crippen molar-refractivity contribution in [2.75, 3.05) is 6.54 Å². The highest BCUT2D eigenvalue weighted by molar-refractivity contribution is 9.10. The van der Waals surface area contributed by atoms with E-state index in [4.69, 9.17) is 0 Å². The van der Waals surface area contributed by atoms with Crippen molar-refractivity contribution in [2.24, 2.45) is 0 Å². The van der Waals surface area contributed by atoms with Crippen molar-refractivity contribution >= 4 is 15.9 Å². The molecule has 6 heteroatoms. The van der Waals surface area contributed by atoms with Crippen LogP contribution in [0.1, 0.15) is 50.5 Å². The zero-order valence-electron chi connectivity index (χ0n) is 12.0. The maximum atomic E-state index is 4.46. The second-order valence-electron chi connectivity index (χ2n) is 4.98. The molecule has 0 aliphatic rings. The van der Waals surface area contributed by atoms with Gasteiger partial charge in [0.05, 0.1) is 28.6 Å². The maximum Gasteiger partial charge on any atom is 0.0776 e. The van der Waals surface area contributed by atoms with E-state index in [1.54, 1.807) is 12.4 Å². The van der Waals surface area contributed by atoms with Crippen molar-refractivity contribution in [3.63, 3.8) is 0 Å². The summed E-state index contributed by atoms with van der Waals surface area (Å²) in [6, 6.07) is 2.35. The smallest absolute Gasteiger partial charge is 0.0776 e. The summed E-state index contributed by atoms with van der Waals surface area (Å²) in [6.07, 6.45) is 6.45. The number of hydrogen-bond donors (Lipinski definition) is 1. The van der Waals surface area contributed by atoms with Crippen LogP contribution in [0.4, 0.5) is 0 Å². The van der Waals surface area contributed by atoms with Crippen LogP contribution < -0.4 is 5.32 Å². The van der Waals surface area contributed by atoms with Crippen molar-refractivity contribution in [2.45, 2.75) is 39.3 Å². The van der Waals surface area contributed by atoms with Crippen LogP contribution >= 0.6 is 15.9 Å². The van der Waals surface area contributed by atoms with Crippen molar-refractivity contribution in [3.05, 3.63) is 40.4 Å². The molecule has 0 amide bonds. The highest BCUT2D eigenvalue weighted by Gasteiger charge is 2.22. The first-order valence-corrected chi connectivity index (χ1v) is 7.67. The average Bonchev–Trinajstić information content (AvgIpc) is 2.83. The van der Waals surface area contributed by atoms with Gasteiger partial charge in [0.2, 0.25) is 0 Å². The van der Waals surface area contributed by atoms with Gasteiger partial charge in [-0.3, -0.25) is 4.68 Å². The number of halogens is 1. The molecule has 0 bridgehead atoms. The third-order valence-corrected chi connectivity index (χ3v) is 3.70. The Hall–Kier alpha value is -1.27. The third-order valence-electron chi connectivity index (χ3n) is 3.09. The van der Waals surface area contributed by atoms with Gasteiger partial charge >= 0.3 is 0 Å². The van der Waals surface area contributed by atoms with E-state index in [0.29, 0.717) is 6.04 Å². The first kappa shape index (κ1) is 15.1. The van der Waals surface area contributed by atoms with E-state index in [1.165, 1.54) is 0 Å². The van der Waals surface area contributed by atoms with Crippen LogP contribution in [-0.4, -0.2) is 26.5 Å². The van der Waals surface area contributed by atoms with Crippen LogP contribution in [-0.2, 0) is 0 Å². The summed E-state index contributed by atoms with van der Waals surface area (Å²) >= 11 is 3.62. The molecule has 108 valence electrons. The molecular weight excluding hydrogens is 318 g/mol. The fourth-order valence-electron chi connectivity index (χ4n) is 2.17. The zero-order chi connectivity index (χ0) is 14.5. The largest absolute Gasteiger partial charge is 0.305 e. The van der Waals surface area contributed by atoms with E-state index in [2.05, 4.69) is 57.3 Å². The van der Waals surface area contributed by atoms with Gasteiger partial charge in [0, 0.05) is 12.2 Å². The molecule has 0 saturated heterocycles.